The molecule has 0 aromatic rings. The number of halogens is 1. The zero-order chi connectivity index (χ0) is 9.15. The van der Waals surface area contributed by atoms with Gasteiger partial charge in [0.15, 0.2) is 0 Å². The molecule has 2 rings (SSSR count). The Hall–Kier alpha value is 0.650. The number of alkyl halides is 1. The number of ether oxygens (including phenoxy) is 2. The van der Waals surface area contributed by atoms with E-state index in [0.29, 0.717) is 0 Å². The maximum atomic E-state index is 6.06. The molecule has 1 heterocycles. The normalized spacial score (nSPS) is 27.5. The Bertz CT molecular complexity index is 162. The standard InChI is InChI=1S/C10H17IO2/c11-8-10(3-5-12-6-4-10)13-7-9-1-2-9/h9H,1-8H2. The molecule has 1 saturated carbocycles. The van der Waals surface area contributed by atoms with Gasteiger partial charge < -0.3 is 9.47 Å². The maximum Gasteiger partial charge on any atom is 0.0815 e. The van der Waals surface area contributed by atoms with Crippen LogP contribution in [0.25, 0.3) is 0 Å². The molecule has 0 radical (unpaired) electrons. The van der Waals surface area contributed by atoms with Crippen LogP contribution in [0.4, 0.5) is 0 Å². The predicted molar refractivity (Wildman–Crippen MR) is 60.3 cm³/mol. The lowest BCUT2D eigenvalue weighted by Gasteiger charge is -2.35. The van der Waals surface area contributed by atoms with E-state index >= 15 is 0 Å². The Balaban J connectivity index is 1.80. The van der Waals surface area contributed by atoms with Crippen molar-refractivity contribution in [1.29, 1.82) is 0 Å². The van der Waals surface area contributed by atoms with E-state index in [1.54, 1.807) is 0 Å². The summed E-state index contributed by atoms with van der Waals surface area (Å²) in [6, 6.07) is 0. The third kappa shape index (κ3) is 2.80. The molecule has 76 valence electrons. The molecule has 13 heavy (non-hydrogen) atoms. The molecule has 0 aromatic carbocycles. The van der Waals surface area contributed by atoms with Crippen LogP contribution in [0.5, 0.6) is 0 Å². The first-order chi connectivity index (χ1) is 6.35. The highest BCUT2D eigenvalue weighted by atomic mass is 127. The smallest absolute Gasteiger partial charge is 0.0815 e. The molecule has 0 spiro atoms. The van der Waals surface area contributed by atoms with Crippen LogP contribution in [0.1, 0.15) is 25.7 Å². The quantitative estimate of drug-likeness (QED) is 0.586. The van der Waals surface area contributed by atoms with Gasteiger partial charge in [0, 0.05) is 30.5 Å². The molecule has 0 atom stereocenters. The zero-order valence-electron chi connectivity index (χ0n) is 7.93. The van der Waals surface area contributed by atoms with Crippen molar-refractivity contribution < 1.29 is 9.47 Å². The van der Waals surface area contributed by atoms with E-state index in [1.807, 2.05) is 0 Å². The molecular weight excluding hydrogens is 279 g/mol. The summed E-state index contributed by atoms with van der Waals surface area (Å²) in [4.78, 5) is 0. The van der Waals surface area contributed by atoms with Gasteiger partial charge in [0.25, 0.3) is 0 Å². The molecule has 2 aliphatic rings. The van der Waals surface area contributed by atoms with Gasteiger partial charge in [-0.3, -0.25) is 0 Å². The van der Waals surface area contributed by atoms with Crippen molar-refractivity contribution in [1.82, 2.24) is 0 Å². The topological polar surface area (TPSA) is 18.5 Å². The lowest BCUT2D eigenvalue weighted by molar-refractivity contribution is -0.0972. The Morgan fingerprint density at radius 3 is 2.54 bits per heavy atom. The van der Waals surface area contributed by atoms with Crippen molar-refractivity contribution in [3.8, 4) is 0 Å². The van der Waals surface area contributed by atoms with Gasteiger partial charge in [-0.25, -0.2) is 0 Å². The minimum absolute atomic E-state index is 0.154. The fourth-order valence-electron chi connectivity index (χ4n) is 1.64. The summed E-state index contributed by atoms with van der Waals surface area (Å²) >= 11 is 2.45. The van der Waals surface area contributed by atoms with Gasteiger partial charge in [0.1, 0.15) is 0 Å². The fourth-order valence-corrected chi connectivity index (χ4v) is 2.62. The second kappa shape index (κ2) is 4.45. The Kier molecular flexibility index (Phi) is 3.48. The van der Waals surface area contributed by atoms with Gasteiger partial charge in [-0.15, -0.1) is 0 Å². The first-order valence-corrected chi connectivity index (χ1v) is 6.65. The van der Waals surface area contributed by atoms with E-state index in [0.717, 1.165) is 43.0 Å². The number of hydrogen-bond acceptors (Lipinski definition) is 2. The van der Waals surface area contributed by atoms with E-state index in [4.69, 9.17) is 9.47 Å². The minimum Gasteiger partial charge on any atom is -0.381 e. The van der Waals surface area contributed by atoms with Crippen molar-refractivity contribution in [2.75, 3.05) is 24.2 Å². The van der Waals surface area contributed by atoms with E-state index in [9.17, 15) is 0 Å². The average Bonchev–Trinajstić information content (AvgIpc) is 3.00. The SMILES string of the molecule is ICC1(OCC2CC2)CCOCC1. The number of rotatable bonds is 4. The average molecular weight is 296 g/mol. The van der Waals surface area contributed by atoms with Gasteiger partial charge in [-0.05, 0) is 18.8 Å². The van der Waals surface area contributed by atoms with Gasteiger partial charge in [-0.1, -0.05) is 22.6 Å². The second-order valence-electron chi connectivity index (χ2n) is 4.18. The summed E-state index contributed by atoms with van der Waals surface area (Å²) in [6.45, 7) is 2.75. The van der Waals surface area contributed by atoms with Crippen LogP contribution in [0.15, 0.2) is 0 Å². The minimum atomic E-state index is 0.154. The molecule has 0 aromatic heterocycles. The van der Waals surface area contributed by atoms with E-state index in [-0.39, 0.29) is 5.60 Å². The molecule has 3 heteroatoms. The molecule has 2 fully saturated rings. The third-order valence-corrected chi connectivity index (χ3v) is 4.36. The summed E-state index contributed by atoms with van der Waals surface area (Å²) in [5.41, 5.74) is 0.154. The Morgan fingerprint density at radius 1 is 1.31 bits per heavy atom. The molecule has 0 bridgehead atoms. The molecule has 1 saturated heterocycles. The van der Waals surface area contributed by atoms with Crippen molar-refractivity contribution in [3.05, 3.63) is 0 Å². The molecule has 2 nitrogen and oxygen atoms in total. The van der Waals surface area contributed by atoms with Crippen LogP contribution < -0.4 is 0 Å². The van der Waals surface area contributed by atoms with Crippen LogP contribution in [0, 0.1) is 5.92 Å². The first kappa shape index (κ1) is 10.2. The summed E-state index contributed by atoms with van der Waals surface area (Å²) in [5.74, 6) is 0.877. The number of hydrogen-bond donors (Lipinski definition) is 0. The molecule has 0 unspecified atom stereocenters. The molecule has 0 amide bonds. The lowest BCUT2D eigenvalue weighted by Crippen LogP contribution is -2.41. The summed E-state index contributed by atoms with van der Waals surface area (Å²) < 4.78 is 12.5. The van der Waals surface area contributed by atoms with Crippen molar-refractivity contribution in [2.45, 2.75) is 31.3 Å². The van der Waals surface area contributed by atoms with Gasteiger partial charge in [0.05, 0.1) is 12.2 Å². The predicted octanol–water partition coefficient (Wildman–Crippen LogP) is 2.40. The van der Waals surface area contributed by atoms with Gasteiger partial charge >= 0.3 is 0 Å². The Labute approximate surface area is 93.5 Å². The summed E-state index contributed by atoms with van der Waals surface area (Å²) in [6.07, 6.45) is 4.94. The highest BCUT2D eigenvalue weighted by Gasteiger charge is 2.34. The van der Waals surface area contributed by atoms with Crippen LogP contribution in [-0.4, -0.2) is 29.8 Å². The van der Waals surface area contributed by atoms with Crippen LogP contribution >= 0.6 is 22.6 Å². The van der Waals surface area contributed by atoms with E-state index in [2.05, 4.69) is 22.6 Å². The first-order valence-electron chi connectivity index (χ1n) is 5.12. The van der Waals surface area contributed by atoms with Crippen LogP contribution in [-0.2, 0) is 9.47 Å². The highest BCUT2D eigenvalue weighted by molar-refractivity contribution is 14.1. The summed E-state index contributed by atoms with van der Waals surface area (Å²) in [5, 5.41) is 0. The van der Waals surface area contributed by atoms with E-state index < -0.39 is 0 Å². The molecule has 1 aliphatic heterocycles. The monoisotopic (exact) mass is 296 g/mol. The molecular formula is C10H17IO2. The molecule has 1 aliphatic carbocycles. The van der Waals surface area contributed by atoms with Crippen LogP contribution in [0.3, 0.4) is 0 Å². The van der Waals surface area contributed by atoms with Gasteiger partial charge in [0.2, 0.25) is 0 Å². The van der Waals surface area contributed by atoms with E-state index in [1.165, 1.54) is 12.8 Å². The maximum absolute atomic E-state index is 6.06. The van der Waals surface area contributed by atoms with Gasteiger partial charge in [-0.2, -0.15) is 0 Å². The largest absolute Gasteiger partial charge is 0.381 e. The lowest BCUT2D eigenvalue weighted by atomic mass is 9.97. The highest BCUT2D eigenvalue weighted by Crippen LogP contribution is 2.34. The molecule has 0 N–H and O–H groups in total. The van der Waals surface area contributed by atoms with Crippen molar-refractivity contribution in [3.63, 3.8) is 0 Å². The van der Waals surface area contributed by atoms with Crippen LogP contribution in [0.2, 0.25) is 0 Å². The van der Waals surface area contributed by atoms with Crippen molar-refractivity contribution >= 4 is 22.6 Å². The zero-order valence-corrected chi connectivity index (χ0v) is 10.1. The van der Waals surface area contributed by atoms with Crippen molar-refractivity contribution in [2.24, 2.45) is 5.92 Å². The Morgan fingerprint density at radius 2 is 2.00 bits per heavy atom. The third-order valence-electron chi connectivity index (χ3n) is 2.97. The fraction of sp³-hybridized carbons (Fsp3) is 1.00. The second-order valence-corrected chi connectivity index (χ2v) is 4.95. The summed E-state index contributed by atoms with van der Waals surface area (Å²) in [7, 11) is 0.